The molecule has 0 radical (unpaired) electrons. The highest BCUT2D eigenvalue weighted by molar-refractivity contribution is 5.11. The SMILES string of the molecule is CCC(CC)N(C)C(c1ccccn1)C(C)N. The smallest absolute Gasteiger partial charge is 0.0670 e. The van der Waals surface area contributed by atoms with Gasteiger partial charge < -0.3 is 5.73 Å². The molecule has 1 heterocycles. The monoisotopic (exact) mass is 235 g/mol. The molecule has 0 aromatic carbocycles. The molecule has 2 N–H and O–H groups in total. The van der Waals surface area contributed by atoms with E-state index < -0.39 is 0 Å². The van der Waals surface area contributed by atoms with Crippen molar-refractivity contribution >= 4 is 0 Å². The standard InChI is InChI=1S/C14H25N3/c1-5-12(6-2)17(4)14(11(3)15)13-9-7-8-10-16-13/h7-12,14H,5-6,15H2,1-4H3. The maximum Gasteiger partial charge on any atom is 0.0670 e. The molecular formula is C14H25N3. The third kappa shape index (κ3) is 3.51. The highest BCUT2D eigenvalue weighted by Crippen LogP contribution is 2.24. The Morgan fingerprint density at radius 1 is 1.29 bits per heavy atom. The van der Waals surface area contributed by atoms with E-state index in [2.05, 4.69) is 43.8 Å². The normalized spacial score (nSPS) is 15.2. The molecule has 0 aliphatic heterocycles. The lowest BCUT2D eigenvalue weighted by Crippen LogP contribution is -2.42. The fourth-order valence-corrected chi connectivity index (χ4v) is 2.49. The number of aromatic nitrogens is 1. The Bertz CT molecular complexity index is 307. The van der Waals surface area contributed by atoms with Crippen molar-refractivity contribution in [2.75, 3.05) is 7.05 Å². The van der Waals surface area contributed by atoms with Crippen molar-refractivity contribution in [3.05, 3.63) is 30.1 Å². The zero-order chi connectivity index (χ0) is 12.8. The van der Waals surface area contributed by atoms with Crippen LogP contribution in [-0.4, -0.2) is 29.0 Å². The summed E-state index contributed by atoms with van der Waals surface area (Å²) in [6.45, 7) is 6.50. The van der Waals surface area contributed by atoms with Crippen molar-refractivity contribution in [1.82, 2.24) is 9.88 Å². The topological polar surface area (TPSA) is 42.2 Å². The van der Waals surface area contributed by atoms with Crippen molar-refractivity contribution in [2.45, 2.75) is 51.7 Å². The third-order valence-corrected chi connectivity index (χ3v) is 3.45. The maximum absolute atomic E-state index is 6.14. The zero-order valence-electron chi connectivity index (χ0n) is 11.4. The Morgan fingerprint density at radius 3 is 2.35 bits per heavy atom. The molecule has 96 valence electrons. The summed E-state index contributed by atoms with van der Waals surface area (Å²) in [5.41, 5.74) is 7.20. The average molecular weight is 235 g/mol. The average Bonchev–Trinajstić information content (AvgIpc) is 2.31. The minimum absolute atomic E-state index is 0.0792. The van der Waals surface area contributed by atoms with Gasteiger partial charge in [-0.05, 0) is 38.9 Å². The first-order valence-electron chi connectivity index (χ1n) is 6.50. The first-order valence-corrected chi connectivity index (χ1v) is 6.50. The van der Waals surface area contributed by atoms with Gasteiger partial charge in [-0.25, -0.2) is 0 Å². The first-order chi connectivity index (χ1) is 8.11. The van der Waals surface area contributed by atoms with Crippen LogP contribution in [0.1, 0.15) is 45.3 Å². The Morgan fingerprint density at radius 2 is 1.94 bits per heavy atom. The summed E-state index contributed by atoms with van der Waals surface area (Å²) < 4.78 is 0. The molecule has 1 aromatic rings. The van der Waals surface area contributed by atoms with E-state index in [1.807, 2.05) is 18.3 Å². The number of likely N-dealkylation sites (N-methyl/N-ethyl adjacent to an activating group) is 1. The van der Waals surface area contributed by atoms with E-state index in [0.29, 0.717) is 6.04 Å². The number of hydrogen-bond acceptors (Lipinski definition) is 3. The summed E-state index contributed by atoms with van der Waals surface area (Å²) in [6, 6.07) is 6.87. The summed E-state index contributed by atoms with van der Waals surface area (Å²) in [5, 5.41) is 0. The van der Waals surface area contributed by atoms with E-state index in [0.717, 1.165) is 18.5 Å². The fraction of sp³-hybridized carbons (Fsp3) is 0.643. The minimum Gasteiger partial charge on any atom is -0.326 e. The summed E-state index contributed by atoms with van der Waals surface area (Å²) in [6.07, 6.45) is 4.12. The van der Waals surface area contributed by atoms with Crippen LogP contribution in [0.25, 0.3) is 0 Å². The summed E-state index contributed by atoms with van der Waals surface area (Å²) >= 11 is 0. The second-order valence-electron chi connectivity index (χ2n) is 4.69. The third-order valence-electron chi connectivity index (χ3n) is 3.45. The van der Waals surface area contributed by atoms with Crippen LogP contribution in [0.15, 0.2) is 24.4 Å². The van der Waals surface area contributed by atoms with Crippen molar-refractivity contribution in [2.24, 2.45) is 5.73 Å². The zero-order valence-corrected chi connectivity index (χ0v) is 11.4. The van der Waals surface area contributed by atoms with Crippen molar-refractivity contribution in [3.63, 3.8) is 0 Å². The molecule has 3 nitrogen and oxygen atoms in total. The molecule has 0 spiro atoms. The van der Waals surface area contributed by atoms with E-state index in [4.69, 9.17) is 5.73 Å². The van der Waals surface area contributed by atoms with Gasteiger partial charge in [0, 0.05) is 18.3 Å². The Hall–Kier alpha value is -0.930. The van der Waals surface area contributed by atoms with E-state index in [1.165, 1.54) is 0 Å². The molecule has 0 fully saturated rings. The largest absolute Gasteiger partial charge is 0.326 e. The van der Waals surface area contributed by atoms with E-state index in [9.17, 15) is 0 Å². The highest BCUT2D eigenvalue weighted by atomic mass is 15.2. The van der Waals surface area contributed by atoms with E-state index in [-0.39, 0.29) is 12.1 Å². The minimum atomic E-state index is 0.0792. The quantitative estimate of drug-likeness (QED) is 0.824. The van der Waals surface area contributed by atoms with Crippen LogP contribution in [0, 0.1) is 0 Å². The second-order valence-corrected chi connectivity index (χ2v) is 4.69. The van der Waals surface area contributed by atoms with E-state index in [1.54, 1.807) is 0 Å². The summed E-state index contributed by atoms with van der Waals surface area (Å²) in [4.78, 5) is 6.82. The van der Waals surface area contributed by atoms with Crippen LogP contribution in [-0.2, 0) is 0 Å². The van der Waals surface area contributed by atoms with Crippen LogP contribution in [0.3, 0.4) is 0 Å². The second kappa shape index (κ2) is 6.72. The van der Waals surface area contributed by atoms with Crippen LogP contribution in [0.2, 0.25) is 0 Å². The number of nitrogens with zero attached hydrogens (tertiary/aromatic N) is 2. The van der Waals surface area contributed by atoms with Gasteiger partial charge in [-0.1, -0.05) is 19.9 Å². The molecule has 17 heavy (non-hydrogen) atoms. The lowest BCUT2D eigenvalue weighted by molar-refractivity contribution is 0.143. The highest BCUT2D eigenvalue weighted by Gasteiger charge is 2.26. The molecule has 2 atom stereocenters. The van der Waals surface area contributed by atoms with Crippen LogP contribution in [0.4, 0.5) is 0 Å². The molecule has 3 heteroatoms. The van der Waals surface area contributed by atoms with Crippen molar-refractivity contribution in [1.29, 1.82) is 0 Å². The van der Waals surface area contributed by atoms with Crippen molar-refractivity contribution in [3.8, 4) is 0 Å². The van der Waals surface area contributed by atoms with Gasteiger partial charge in [-0.3, -0.25) is 9.88 Å². The number of rotatable bonds is 6. The van der Waals surface area contributed by atoms with Crippen LogP contribution >= 0.6 is 0 Å². The fourth-order valence-electron chi connectivity index (χ4n) is 2.49. The maximum atomic E-state index is 6.14. The van der Waals surface area contributed by atoms with Crippen LogP contribution in [0.5, 0.6) is 0 Å². The molecule has 1 rings (SSSR count). The Labute approximate surface area is 105 Å². The van der Waals surface area contributed by atoms with Gasteiger partial charge in [0.25, 0.3) is 0 Å². The number of pyridine rings is 1. The molecule has 0 saturated heterocycles. The van der Waals surface area contributed by atoms with Gasteiger partial charge in [0.1, 0.15) is 0 Å². The summed E-state index contributed by atoms with van der Waals surface area (Å²) in [5.74, 6) is 0. The number of hydrogen-bond donors (Lipinski definition) is 1. The van der Waals surface area contributed by atoms with Gasteiger partial charge in [0.05, 0.1) is 11.7 Å². The van der Waals surface area contributed by atoms with Crippen LogP contribution < -0.4 is 5.73 Å². The summed E-state index contributed by atoms with van der Waals surface area (Å²) in [7, 11) is 2.15. The molecular weight excluding hydrogens is 210 g/mol. The molecule has 0 aliphatic rings. The lowest BCUT2D eigenvalue weighted by atomic mass is 10.0. The lowest BCUT2D eigenvalue weighted by Gasteiger charge is -2.36. The van der Waals surface area contributed by atoms with Gasteiger partial charge in [0.2, 0.25) is 0 Å². The molecule has 0 amide bonds. The molecule has 0 bridgehead atoms. The Balaban J connectivity index is 2.94. The predicted molar refractivity (Wildman–Crippen MR) is 72.8 cm³/mol. The molecule has 1 aromatic heterocycles. The van der Waals surface area contributed by atoms with Gasteiger partial charge in [-0.15, -0.1) is 0 Å². The van der Waals surface area contributed by atoms with Gasteiger partial charge >= 0.3 is 0 Å². The Kier molecular flexibility index (Phi) is 5.59. The number of nitrogens with two attached hydrogens (primary N) is 1. The van der Waals surface area contributed by atoms with Gasteiger partial charge in [-0.2, -0.15) is 0 Å². The van der Waals surface area contributed by atoms with E-state index >= 15 is 0 Å². The predicted octanol–water partition coefficient (Wildman–Crippen LogP) is 2.59. The molecule has 0 aliphatic carbocycles. The first kappa shape index (κ1) is 14.1. The molecule has 0 saturated carbocycles. The molecule has 2 unspecified atom stereocenters. The van der Waals surface area contributed by atoms with Crippen molar-refractivity contribution < 1.29 is 0 Å². The van der Waals surface area contributed by atoms with Gasteiger partial charge in [0.15, 0.2) is 0 Å².